The largest absolute Gasteiger partial charge is 0.507 e. The monoisotopic (exact) mass is 501 g/mol. The molecule has 3 N–H and O–H groups in total. The lowest BCUT2D eigenvalue weighted by Gasteiger charge is -2.32. The molecule has 1 amide bonds. The molecule has 1 fully saturated rings. The van der Waals surface area contributed by atoms with Crippen LogP contribution in [0.5, 0.6) is 17.2 Å². The van der Waals surface area contributed by atoms with Gasteiger partial charge in [0.05, 0.1) is 11.3 Å². The SMILES string of the molecule is CCc1cccc(CC)c1-c1cc(Oc2ccc(C(N)=O)c(O)c2)c(CN(C)C2CCCCC2)c(C)n1. The Morgan fingerprint density at radius 1 is 1.08 bits per heavy atom. The summed E-state index contributed by atoms with van der Waals surface area (Å²) in [6.07, 6.45) is 8.10. The molecular weight excluding hydrogens is 462 g/mol. The molecule has 1 aliphatic rings. The number of nitrogens with zero attached hydrogens (tertiary/aromatic N) is 2. The molecule has 0 aliphatic heterocycles. The molecule has 4 rings (SSSR count). The Bertz CT molecular complexity index is 1240. The number of primary amides is 1. The summed E-state index contributed by atoms with van der Waals surface area (Å²) in [5.74, 6) is 0.287. The molecule has 1 heterocycles. The number of nitrogens with two attached hydrogens (primary N) is 1. The minimum Gasteiger partial charge on any atom is -0.507 e. The first-order valence-electron chi connectivity index (χ1n) is 13.4. The first-order chi connectivity index (χ1) is 17.8. The van der Waals surface area contributed by atoms with Gasteiger partial charge in [-0.25, -0.2) is 0 Å². The van der Waals surface area contributed by atoms with E-state index in [4.69, 9.17) is 15.5 Å². The van der Waals surface area contributed by atoms with Crippen LogP contribution in [-0.2, 0) is 19.4 Å². The fraction of sp³-hybridized carbons (Fsp3) is 0.419. The van der Waals surface area contributed by atoms with Crippen molar-refractivity contribution in [3.8, 4) is 28.5 Å². The highest BCUT2D eigenvalue weighted by Gasteiger charge is 2.23. The predicted molar refractivity (Wildman–Crippen MR) is 148 cm³/mol. The van der Waals surface area contributed by atoms with Gasteiger partial charge in [-0.3, -0.25) is 14.7 Å². The highest BCUT2D eigenvalue weighted by atomic mass is 16.5. The predicted octanol–water partition coefficient (Wildman–Crippen LogP) is 6.54. The summed E-state index contributed by atoms with van der Waals surface area (Å²) in [5.41, 5.74) is 12.0. The number of hydrogen-bond acceptors (Lipinski definition) is 5. The van der Waals surface area contributed by atoms with Crippen LogP contribution in [0.2, 0.25) is 0 Å². The van der Waals surface area contributed by atoms with Crippen LogP contribution >= 0.6 is 0 Å². The van der Waals surface area contributed by atoms with E-state index in [1.165, 1.54) is 60.9 Å². The molecular formula is C31H39N3O3. The summed E-state index contributed by atoms with van der Waals surface area (Å²) < 4.78 is 6.42. The number of benzene rings is 2. The van der Waals surface area contributed by atoms with Crippen LogP contribution in [0, 0.1) is 6.92 Å². The quantitative estimate of drug-likeness (QED) is 0.347. The molecule has 196 valence electrons. The summed E-state index contributed by atoms with van der Waals surface area (Å²) in [6, 6.07) is 13.6. The normalized spacial score (nSPS) is 14.2. The highest BCUT2D eigenvalue weighted by Crippen LogP contribution is 2.37. The van der Waals surface area contributed by atoms with Gasteiger partial charge in [-0.15, -0.1) is 0 Å². The van der Waals surface area contributed by atoms with Crippen molar-refractivity contribution in [3.63, 3.8) is 0 Å². The van der Waals surface area contributed by atoms with E-state index in [1.54, 1.807) is 6.07 Å². The van der Waals surface area contributed by atoms with Crippen LogP contribution in [0.4, 0.5) is 0 Å². The second-order valence-electron chi connectivity index (χ2n) is 10.1. The van der Waals surface area contributed by atoms with E-state index in [9.17, 15) is 9.90 Å². The molecule has 0 spiro atoms. The van der Waals surface area contributed by atoms with E-state index in [2.05, 4.69) is 44.0 Å². The Hall–Kier alpha value is -3.38. The lowest BCUT2D eigenvalue weighted by molar-refractivity contribution is 0.0997. The zero-order valence-corrected chi connectivity index (χ0v) is 22.5. The Labute approximate surface area is 220 Å². The number of aryl methyl sites for hydroxylation is 3. The Kier molecular flexibility index (Phi) is 8.49. The van der Waals surface area contributed by atoms with Crippen molar-refractivity contribution in [1.82, 2.24) is 9.88 Å². The lowest BCUT2D eigenvalue weighted by Crippen LogP contribution is -2.33. The van der Waals surface area contributed by atoms with Gasteiger partial charge in [0.25, 0.3) is 5.91 Å². The van der Waals surface area contributed by atoms with E-state index in [1.807, 2.05) is 13.0 Å². The summed E-state index contributed by atoms with van der Waals surface area (Å²) in [5, 5.41) is 10.3. The summed E-state index contributed by atoms with van der Waals surface area (Å²) in [7, 11) is 2.18. The number of hydrogen-bond donors (Lipinski definition) is 2. The van der Waals surface area contributed by atoms with Gasteiger partial charge in [0.1, 0.15) is 17.2 Å². The Balaban J connectivity index is 1.79. The van der Waals surface area contributed by atoms with Crippen LogP contribution in [-0.4, -0.2) is 34.0 Å². The highest BCUT2D eigenvalue weighted by molar-refractivity contribution is 5.95. The molecule has 1 aromatic heterocycles. The van der Waals surface area contributed by atoms with Crippen molar-refractivity contribution in [1.29, 1.82) is 0 Å². The van der Waals surface area contributed by atoms with Crippen molar-refractivity contribution in [2.24, 2.45) is 5.73 Å². The van der Waals surface area contributed by atoms with E-state index in [0.717, 1.165) is 36.3 Å². The third-order valence-electron chi connectivity index (χ3n) is 7.61. The number of phenols is 1. The number of pyridine rings is 1. The number of aromatic nitrogens is 1. The molecule has 0 atom stereocenters. The zero-order valence-electron chi connectivity index (χ0n) is 22.5. The molecule has 1 saturated carbocycles. The van der Waals surface area contributed by atoms with Crippen molar-refractivity contribution in [2.45, 2.75) is 78.3 Å². The molecule has 3 aromatic rings. The van der Waals surface area contributed by atoms with Gasteiger partial charge in [-0.1, -0.05) is 51.3 Å². The molecule has 6 nitrogen and oxygen atoms in total. The van der Waals surface area contributed by atoms with E-state index in [-0.39, 0.29) is 11.3 Å². The number of aromatic hydroxyl groups is 1. The summed E-state index contributed by atoms with van der Waals surface area (Å²) >= 11 is 0. The second-order valence-corrected chi connectivity index (χ2v) is 10.1. The average molecular weight is 502 g/mol. The van der Waals surface area contributed by atoms with E-state index in [0.29, 0.717) is 17.5 Å². The Morgan fingerprint density at radius 3 is 2.35 bits per heavy atom. The second kappa shape index (κ2) is 11.8. The smallest absolute Gasteiger partial charge is 0.252 e. The van der Waals surface area contributed by atoms with Gasteiger partial charge in [-0.05, 0) is 62.9 Å². The summed E-state index contributed by atoms with van der Waals surface area (Å²) in [4.78, 5) is 19.1. The maximum atomic E-state index is 11.6. The number of amides is 1. The topological polar surface area (TPSA) is 88.7 Å². The van der Waals surface area contributed by atoms with Crippen molar-refractivity contribution >= 4 is 5.91 Å². The number of rotatable bonds is 9. The molecule has 1 aliphatic carbocycles. The Morgan fingerprint density at radius 2 is 1.76 bits per heavy atom. The lowest BCUT2D eigenvalue weighted by atomic mass is 9.93. The van der Waals surface area contributed by atoms with Gasteiger partial charge >= 0.3 is 0 Å². The van der Waals surface area contributed by atoms with Crippen LogP contribution in [0.1, 0.15) is 78.7 Å². The molecule has 2 aromatic carbocycles. The third kappa shape index (κ3) is 5.96. The molecule has 0 radical (unpaired) electrons. The third-order valence-corrected chi connectivity index (χ3v) is 7.61. The maximum Gasteiger partial charge on any atom is 0.252 e. The van der Waals surface area contributed by atoms with Gasteiger partial charge in [0.15, 0.2) is 0 Å². The maximum absolute atomic E-state index is 11.6. The van der Waals surface area contributed by atoms with Gasteiger partial charge in [0, 0.05) is 41.5 Å². The van der Waals surface area contributed by atoms with Gasteiger partial charge in [-0.2, -0.15) is 0 Å². The van der Waals surface area contributed by atoms with Crippen LogP contribution < -0.4 is 10.5 Å². The molecule has 6 heteroatoms. The van der Waals surface area contributed by atoms with Crippen molar-refractivity contribution < 1.29 is 14.6 Å². The standard InChI is InChI=1S/C31H39N3O3/c1-5-21-11-10-12-22(6-2)30(21)27-18-29(37-24-15-16-25(31(32)36)28(35)17-24)26(20(3)33-27)19-34(4)23-13-8-7-9-14-23/h10-12,15-18,23,35H,5-9,13-14,19H2,1-4H3,(H2,32,36). The molecule has 37 heavy (non-hydrogen) atoms. The summed E-state index contributed by atoms with van der Waals surface area (Å²) in [6.45, 7) is 7.10. The fourth-order valence-electron chi connectivity index (χ4n) is 5.46. The molecule has 0 saturated heterocycles. The first-order valence-corrected chi connectivity index (χ1v) is 13.4. The van der Waals surface area contributed by atoms with E-state index < -0.39 is 5.91 Å². The molecule has 0 unspecified atom stereocenters. The van der Waals surface area contributed by atoms with Crippen molar-refractivity contribution in [3.05, 3.63) is 70.4 Å². The van der Waals surface area contributed by atoms with E-state index >= 15 is 0 Å². The van der Waals surface area contributed by atoms with Gasteiger partial charge in [0.2, 0.25) is 0 Å². The minimum absolute atomic E-state index is 0.0701. The average Bonchev–Trinajstić information content (AvgIpc) is 2.90. The van der Waals surface area contributed by atoms with Crippen LogP contribution in [0.3, 0.4) is 0 Å². The number of carbonyl (C=O) groups is 1. The number of carbonyl (C=O) groups excluding carboxylic acids is 1. The zero-order chi connectivity index (χ0) is 26.5. The van der Waals surface area contributed by atoms with Crippen LogP contribution in [0.15, 0.2) is 42.5 Å². The van der Waals surface area contributed by atoms with Gasteiger partial charge < -0.3 is 15.6 Å². The van der Waals surface area contributed by atoms with Crippen LogP contribution in [0.25, 0.3) is 11.3 Å². The number of ether oxygens (including phenoxy) is 1. The first kappa shape index (κ1) is 26.7. The molecule has 0 bridgehead atoms. The van der Waals surface area contributed by atoms with Crippen molar-refractivity contribution in [2.75, 3.05) is 7.05 Å². The fourth-order valence-corrected chi connectivity index (χ4v) is 5.46. The minimum atomic E-state index is -0.677.